The fourth-order valence-electron chi connectivity index (χ4n) is 3.28. The van der Waals surface area contributed by atoms with Crippen molar-refractivity contribution in [1.29, 1.82) is 0 Å². The molecule has 1 saturated heterocycles. The molecule has 1 aliphatic rings. The number of ether oxygens (including phenoxy) is 3. The van der Waals surface area contributed by atoms with Crippen molar-refractivity contribution >= 4 is 23.2 Å². The standard InChI is InChI=1S/C20H23ClN2O4/c1-25-17-8-7-16(18(26-2)19(17)27-3)20(24)23-11-9-22(10-12-23)15-6-4-5-14(21)13-15/h4-8,13H,9-12H2,1-3H3. The number of anilines is 1. The van der Waals surface area contributed by atoms with E-state index >= 15 is 0 Å². The SMILES string of the molecule is COc1ccc(C(=O)N2CCN(c3cccc(Cl)c3)CC2)c(OC)c1OC. The third-order valence-electron chi connectivity index (χ3n) is 4.67. The van der Waals surface area contributed by atoms with Crippen molar-refractivity contribution in [3.05, 3.63) is 47.0 Å². The predicted octanol–water partition coefficient (Wildman–Crippen LogP) is 3.33. The van der Waals surface area contributed by atoms with E-state index in [0.717, 1.165) is 18.8 Å². The second-order valence-corrected chi connectivity index (χ2v) is 6.58. The Kier molecular flexibility index (Phi) is 5.96. The fraction of sp³-hybridized carbons (Fsp3) is 0.350. The van der Waals surface area contributed by atoms with E-state index in [0.29, 0.717) is 40.9 Å². The maximum absolute atomic E-state index is 13.1. The van der Waals surface area contributed by atoms with E-state index < -0.39 is 0 Å². The van der Waals surface area contributed by atoms with Crippen LogP contribution in [0.1, 0.15) is 10.4 Å². The molecular formula is C20H23ClN2O4. The molecule has 0 N–H and O–H groups in total. The van der Waals surface area contributed by atoms with Crippen molar-refractivity contribution in [3.8, 4) is 17.2 Å². The number of carbonyl (C=O) groups excluding carboxylic acids is 1. The molecule has 2 aromatic rings. The molecule has 6 nitrogen and oxygen atoms in total. The van der Waals surface area contributed by atoms with Crippen LogP contribution in [0.15, 0.2) is 36.4 Å². The van der Waals surface area contributed by atoms with E-state index in [1.165, 1.54) is 14.2 Å². The number of carbonyl (C=O) groups is 1. The first-order valence-corrected chi connectivity index (χ1v) is 9.05. The number of hydrogen-bond donors (Lipinski definition) is 0. The van der Waals surface area contributed by atoms with Gasteiger partial charge in [0.1, 0.15) is 0 Å². The molecule has 2 aromatic carbocycles. The van der Waals surface area contributed by atoms with E-state index in [4.69, 9.17) is 25.8 Å². The number of amides is 1. The Morgan fingerprint density at radius 3 is 2.22 bits per heavy atom. The smallest absolute Gasteiger partial charge is 0.257 e. The Morgan fingerprint density at radius 1 is 0.926 bits per heavy atom. The quantitative estimate of drug-likeness (QED) is 0.783. The summed E-state index contributed by atoms with van der Waals surface area (Å²) in [5, 5.41) is 0.709. The second kappa shape index (κ2) is 8.39. The van der Waals surface area contributed by atoms with Crippen LogP contribution >= 0.6 is 11.6 Å². The number of nitrogens with zero attached hydrogens (tertiary/aromatic N) is 2. The van der Waals surface area contributed by atoms with Crippen LogP contribution in [0, 0.1) is 0 Å². The summed E-state index contributed by atoms with van der Waals surface area (Å²) < 4.78 is 16.1. The molecule has 7 heteroatoms. The maximum Gasteiger partial charge on any atom is 0.257 e. The van der Waals surface area contributed by atoms with Gasteiger partial charge in [0.15, 0.2) is 11.5 Å². The van der Waals surface area contributed by atoms with Crippen LogP contribution in [0.25, 0.3) is 0 Å². The average molecular weight is 391 g/mol. The third kappa shape index (κ3) is 3.90. The summed E-state index contributed by atoms with van der Waals surface area (Å²) in [5.41, 5.74) is 1.53. The van der Waals surface area contributed by atoms with Crippen LogP contribution in [0.5, 0.6) is 17.2 Å². The molecule has 0 spiro atoms. The van der Waals surface area contributed by atoms with E-state index in [1.54, 1.807) is 19.2 Å². The monoisotopic (exact) mass is 390 g/mol. The zero-order valence-electron chi connectivity index (χ0n) is 15.7. The predicted molar refractivity (Wildman–Crippen MR) is 106 cm³/mol. The van der Waals surface area contributed by atoms with Gasteiger partial charge in [0, 0.05) is 36.9 Å². The van der Waals surface area contributed by atoms with Crippen LogP contribution in [-0.4, -0.2) is 58.3 Å². The van der Waals surface area contributed by atoms with E-state index in [9.17, 15) is 4.79 Å². The molecule has 1 amide bonds. The minimum atomic E-state index is -0.0847. The molecule has 0 bridgehead atoms. The second-order valence-electron chi connectivity index (χ2n) is 6.14. The summed E-state index contributed by atoms with van der Waals surface area (Å²) in [7, 11) is 4.59. The molecule has 27 heavy (non-hydrogen) atoms. The van der Waals surface area contributed by atoms with Gasteiger partial charge in [-0.3, -0.25) is 4.79 Å². The van der Waals surface area contributed by atoms with Gasteiger partial charge >= 0.3 is 0 Å². The van der Waals surface area contributed by atoms with Gasteiger partial charge in [-0.25, -0.2) is 0 Å². The van der Waals surface area contributed by atoms with Gasteiger partial charge in [-0.15, -0.1) is 0 Å². The molecule has 0 aromatic heterocycles. The molecule has 0 atom stereocenters. The zero-order chi connectivity index (χ0) is 19.4. The fourth-order valence-corrected chi connectivity index (χ4v) is 3.47. The lowest BCUT2D eigenvalue weighted by atomic mass is 10.1. The van der Waals surface area contributed by atoms with Crippen LogP contribution in [0.3, 0.4) is 0 Å². The van der Waals surface area contributed by atoms with Crippen LogP contribution < -0.4 is 19.1 Å². The van der Waals surface area contributed by atoms with Crippen molar-refractivity contribution < 1.29 is 19.0 Å². The van der Waals surface area contributed by atoms with Crippen molar-refractivity contribution in [2.75, 3.05) is 52.4 Å². The van der Waals surface area contributed by atoms with E-state index in [1.807, 2.05) is 29.2 Å². The van der Waals surface area contributed by atoms with Crippen molar-refractivity contribution in [3.63, 3.8) is 0 Å². The highest BCUT2D eigenvalue weighted by atomic mass is 35.5. The number of halogens is 1. The minimum Gasteiger partial charge on any atom is -0.493 e. The highest BCUT2D eigenvalue weighted by molar-refractivity contribution is 6.30. The number of hydrogen-bond acceptors (Lipinski definition) is 5. The van der Waals surface area contributed by atoms with Gasteiger partial charge < -0.3 is 24.0 Å². The van der Waals surface area contributed by atoms with Gasteiger partial charge in [-0.2, -0.15) is 0 Å². The first-order valence-electron chi connectivity index (χ1n) is 8.67. The lowest BCUT2D eigenvalue weighted by molar-refractivity contribution is 0.0742. The highest BCUT2D eigenvalue weighted by Crippen LogP contribution is 2.40. The van der Waals surface area contributed by atoms with Crippen molar-refractivity contribution in [2.45, 2.75) is 0 Å². The van der Waals surface area contributed by atoms with Gasteiger partial charge in [0.2, 0.25) is 5.75 Å². The van der Waals surface area contributed by atoms with E-state index in [-0.39, 0.29) is 5.91 Å². The van der Waals surface area contributed by atoms with Crippen molar-refractivity contribution in [2.24, 2.45) is 0 Å². The largest absolute Gasteiger partial charge is 0.493 e. The van der Waals surface area contributed by atoms with Crippen LogP contribution in [0.4, 0.5) is 5.69 Å². The molecule has 0 saturated carbocycles. The summed E-state index contributed by atoms with van der Waals surface area (Å²) in [4.78, 5) is 17.1. The Bertz CT molecular complexity index is 820. The van der Waals surface area contributed by atoms with Gasteiger partial charge in [-0.05, 0) is 30.3 Å². The first-order chi connectivity index (χ1) is 13.1. The molecule has 144 valence electrons. The van der Waals surface area contributed by atoms with Crippen LogP contribution in [0.2, 0.25) is 5.02 Å². The summed E-state index contributed by atoms with van der Waals surface area (Å²) in [5.74, 6) is 1.25. The molecule has 1 fully saturated rings. The lowest BCUT2D eigenvalue weighted by Gasteiger charge is -2.36. The Hall–Kier alpha value is -2.60. The Morgan fingerprint density at radius 2 is 1.63 bits per heavy atom. The third-order valence-corrected chi connectivity index (χ3v) is 4.91. The first kappa shape index (κ1) is 19.2. The lowest BCUT2D eigenvalue weighted by Crippen LogP contribution is -2.48. The summed E-state index contributed by atoms with van der Waals surface area (Å²) in [6.45, 7) is 2.70. The maximum atomic E-state index is 13.1. The molecule has 1 aliphatic heterocycles. The van der Waals surface area contributed by atoms with Gasteiger partial charge in [-0.1, -0.05) is 17.7 Å². The van der Waals surface area contributed by atoms with E-state index in [2.05, 4.69) is 4.90 Å². The summed E-state index contributed by atoms with van der Waals surface area (Å²) in [6.07, 6.45) is 0. The number of rotatable bonds is 5. The zero-order valence-corrected chi connectivity index (χ0v) is 16.5. The molecule has 0 aliphatic carbocycles. The normalized spacial score (nSPS) is 14.1. The number of piperazine rings is 1. The molecule has 1 heterocycles. The van der Waals surface area contributed by atoms with Gasteiger partial charge in [0.25, 0.3) is 5.91 Å². The van der Waals surface area contributed by atoms with Gasteiger partial charge in [0.05, 0.1) is 26.9 Å². The summed E-state index contributed by atoms with van der Waals surface area (Å²) in [6, 6.07) is 11.2. The van der Waals surface area contributed by atoms with Crippen LogP contribution in [-0.2, 0) is 0 Å². The molecule has 0 unspecified atom stereocenters. The van der Waals surface area contributed by atoms with Crippen molar-refractivity contribution in [1.82, 2.24) is 4.90 Å². The molecular weight excluding hydrogens is 368 g/mol. The number of methoxy groups -OCH3 is 3. The average Bonchev–Trinajstić information content (AvgIpc) is 2.72. The molecule has 3 rings (SSSR count). The Balaban J connectivity index is 1.76. The topological polar surface area (TPSA) is 51.2 Å². The molecule has 0 radical (unpaired) electrons. The minimum absolute atomic E-state index is 0.0847. The highest BCUT2D eigenvalue weighted by Gasteiger charge is 2.27. The Labute approximate surface area is 164 Å². The number of benzene rings is 2. The summed E-state index contributed by atoms with van der Waals surface area (Å²) >= 11 is 6.08.